The van der Waals surface area contributed by atoms with Crippen molar-refractivity contribution in [3.8, 4) is 17.0 Å². The zero-order valence-electron chi connectivity index (χ0n) is 23.7. The first-order chi connectivity index (χ1) is 19.8. The molecule has 2 aromatic carbocycles. The van der Waals surface area contributed by atoms with Crippen LogP contribution in [-0.2, 0) is 17.6 Å². The molecule has 9 nitrogen and oxygen atoms in total. The second kappa shape index (κ2) is 12.5. The smallest absolute Gasteiger partial charge is 0.236 e. The van der Waals surface area contributed by atoms with Crippen LogP contribution in [0.5, 0.6) is 5.75 Å². The molecule has 0 spiro atoms. The van der Waals surface area contributed by atoms with Gasteiger partial charge in [-0.15, -0.1) is 0 Å². The zero-order chi connectivity index (χ0) is 28.9. The van der Waals surface area contributed by atoms with Gasteiger partial charge in [0.2, 0.25) is 11.9 Å². The van der Waals surface area contributed by atoms with Crippen molar-refractivity contribution in [1.29, 1.82) is 0 Å². The Morgan fingerprint density at radius 3 is 2.51 bits per heavy atom. The van der Waals surface area contributed by atoms with E-state index in [1.165, 1.54) is 11.1 Å². The van der Waals surface area contributed by atoms with Crippen LogP contribution in [0.2, 0.25) is 5.02 Å². The normalized spacial score (nSPS) is 13.2. The molecule has 0 saturated heterocycles. The highest BCUT2D eigenvalue weighted by Crippen LogP contribution is 2.35. The third kappa shape index (κ3) is 6.58. The van der Waals surface area contributed by atoms with E-state index in [1.807, 2.05) is 43.3 Å². The van der Waals surface area contributed by atoms with E-state index in [1.54, 1.807) is 38.5 Å². The average Bonchev–Trinajstić information content (AvgIpc) is 3.16. The van der Waals surface area contributed by atoms with E-state index in [4.69, 9.17) is 21.3 Å². The van der Waals surface area contributed by atoms with E-state index < -0.39 is 0 Å². The number of para-hydroxylation sites is 1. The van der Waals surface area contributed by atoms with Gasteiger partial charge in [-0.25, -0.2) is 4.98 Å². The van der Waals surface area contributed by atoms with Crippen LogP contribution in [0.3, 0.4) is 0 Å². The first kappa shape index (κ1) is 28.3. The molecule has 0 fully saturated rings. The molecule has 10 heteroatoms. The third-order valence-electron chi connectivity index (χ3n) is 7.21. The minimum absolute atomic E-state index is 0.109. The molecule has 0 radical (unpaired) electrons. The monoisotopic (exact) mass is 571 g/mol. The lowest BCUT2D eigenvalue weighted by Crippen LogP contribution is -2.37. The Hall–Kier alpha value is -4.21. The second-order valence-corrected chi connectivity index (χ2v) is 10.6. The van der Waals surface area contributed by atoms with E-state index in [2.05, 4.69) is 37.6 Å². The Balaban J connectivity index is 1.38. The quantitative estimate of drug-likeness (QED) is 0.287. The number of anilines is 4. The predicted molar refractivity (Wildman–Crippen MR) is 164 cm³/mol. The van der Waals surface area contributed by atoms with Gasteiger partial charge in [-0.2, -0.15) is 4.98 Å². The largest absolute Gasteiger partial charge is 0.495 e. The number of ether oxygens (including phenoxy) is 1. The molecule has 2 aromatic heterocycles. The van der Waals surface area contributed by atoms with Crippen molar-refractivity contribution in [3.05, 3.63) is 82.6 Å². The van der Waals surface area contributed by atoms with E-state index in [9.17, 15) is 4.79 Å². The number of carbonyl (C=O) groups is 1. The number of pyridine rings is 1. The van der Waals surface area contributed by atoms with E-state index in [0.29, 0.717) is 29.1 Å². The van der Waals surface area contributed by atoms with Gasteiger partial charge in [0.15, 0.2) is 5.82 Å². The van der Waals surface area contributed by atoms with E-state index in [-0.39, 0.29) is 5.91 Å². The Morgan fingerprint density at radius 2 is 1.78 bits per heavy atom. The lowest BCUT2D eigenvalue weighted by atomic mass is 10.0. The zero-order valence-corrected chi connectivity index (χ0v) is 24.5. The fourth-order valence-corrected chi connectivity index (χ4v) is 5.03. The van der Waals surface area contributed by atoms with Crippen molar-refractivity contribution >= 4 is 40.6 Å². The lowest BCUT2D eigenvalue weighted by Gasteiger charge is -2.21. The molecule has 0 bridgehead atoms. The summed E-state index contributed by atoms with van der Waals surface area (Å²) in [6, 6.07) is 16.0. The van der Waals surface area contributed by atoms with Gasteiger partial charge in [-0.05, 0) is 60.7 Å². The molecule has 3 heterocycles. The summed E-state index contributed by atoms with van der Waals surface area (Å²) in [5, 5.41) is 7.10. The molecule has 5 rings (SSSR count). The summed E-state index contributed by atoms with van der Waals surface area (Å²) in [5.41, 5.74) is 6.93. The van der Waals surface area contributed by atoms with Gasteiger partial charge >= 0.3 is 0 Å². The fraction of sp³-hybridized carbons (Fsp3) is 0.290. The molecule has 0 unspecified atom stereocenters. The Labute approximate surface area is 245 Å². The molecule has 41 heavy (non-hydrogen) atoms. The minimum Gasteiger partial charge on any atom is -0.495 e. The molecule has 212 valence electrons. The highest BCUT2D eigenvalue weighted by Gasteiger charge is 2.20. The number of methoxy groups -OCH3 is 1. The second-order valence-electron chi connectivity index (χ2n) is 10.2. The number of hydrogen-bond acceptors (Lipinski definition) is 8. The van der Waals surface area contributed by atoms with Crippen molar-refractivity contribution in [2.24, 2.45) is 0 Å². The Kier molecular flexibility index (Phi) is 8.66. The highest BCUT2D eigenvalue weighted by atomic mass is 35.5. The van der Waals surface area contributed by atoms with Gasteiger partial charge in [-0.3, -0.25) is 14.7 Å². The minimum atomic E-state index is 0.109. The fourth-order valence-electron chi connectivity index (χ4n) is 4.89. The first-order valence-corrected chi connectivity index (χ1v) is 13.9. The van der Waals surface area contributed by atoms with Crippen LogP contribution in [0.15, 0.2) is 60.9 Å². The van der Waals surface area contributed by atoms with E-state index in [0.717, 1.165) is 54.1 Å². The number of carbonyl (C=O) groups excluding carboxylic acids is 1. The van der Waals surface area contributed by atoms with Crippen LogP contribution in [0.1, 0.15) is 16.7 Å². The summed E-state index contributed by atoms with van der Waals surface area (Å²) in [7, 11) is 5.23. The molecule has 0 atom stereocenters. The molecule has 1 aliphatic rings. The number of aromatic nitrogens is 3. The van der Waals surface area contributed by atoms with Gasteiger partial charge in [0.05, 0.1) is 31.2 Å². The van der Waals surface area contributed by atoms with Crippen molar-refractivity contribution in [3.63, 3.8) is 0 Å². The van der Waals surface area contributed by atoms with Crippen molar-refractivity contribution < 1.29 is 9.53 Å². The Bertz CT molecular complexity index is 1560. The van der Waals surface area contributed by atoms with Gasteiger partial charge < -0.3 is 20.3 Å². The molecule has 0 saturated carbocycles. The van der Waals surface area contributed by atoms with Crippen LogP contribution in [0.4, 0.5) is 23.1 Å². The standard InChI is InChI=1S/C31H34ClN7O2/c1-20-8-7-13-33-29(20)23-9-5-6-10-25(23)35-30-24(32)18-34-31(37-30)36-26-16-21-11-14-39(19-28(40)38(2)3)15-12-22(21)17-27(26)41-4/h5-10,13,16-18H,11-12,14-15,19H2,1-4H3,(H2,34,35,36,37). The van der Waals surface area contributed by atoms with Gasteiger partial charge in [0.25, 0.3) is 0 Å². The topological polar surface area (TPSA) is 95.5 Å². The number of likely N-dealkylation sites (N-methyl/N-ethyl adjacent to an activating group) is 1. The van der Waals surface area contributed by atoms with Gasteiger partial charge in [0, 0.05) is 44.6 Å². The number of fused-ring (bicyclic) bond motifs is 1. The van der Waals surface area contributed by atoms with Crippen LogP contribution >= 0.6 is 11.6 Å². The van der Waals surface area contributed by atoms with Crippen molar-refractivity contribution in [2.45, 2.75) is 19.8 Å². The van der Waals surface area contributed by atoms with Crippen molar-refractivity contribution in [2.75, 3.05) is 51.5 Å². The number of nitrogens with one attached hydrogen (secondary N) is 2. The van der Waals surface area contributed by atoms with E-state index >= 15 is 0 Å². The number of aryl methyl sites for hydroxylation is 1. The average molecular weight is 572 g/mol. The SMILES string of the molecule is COc1cc2c(cc1Nc1ncc(Cl)c(Nc3ccccc3-c3ncccc3C)n1)CCN(CC(=O)N(C)C)CC2. The van der Waals surface area contributed by atoms with Crippen LogP contribution in [-0.4, -0.2) is 71.5 Å². The maximum atomic E-state index is 12.2. The van der Waals surface area contributed by atoms with Crippen LogP contribution < -0.4 is 15.4 Å². The molecule has 1 amide bonds. The number of hydrogen-bond donors (Lipinski definition) is 2. The molecule has 0 aliphatic carbocycles. The summed E-state index contributed by atoms with van der Waals surface area (Å²) < 4.78 is 5.73. The van der Waals surface area contributed by atoms with Gasteiger partial charge in [-0.1, -0.05) is 35.9 Å². The lowest BCUT2D eigenvalue weighted by molar-refractivity contribution is -0.129. The summed E-state index contributed by atoms with van der Waals surface area (Å²) in [6.07, 6.45) is 5.02. The molecular formula is C31H34ClN7O2. The van der Waals surface area contributed by atoms with Gasteiger partial charge in [0.1, 0.15) is 10.8 Å². The maximum Gasteiger partial charge on any atom is 0.236 e. The number of halogens is 1. The first-order valence-electron chi connectivity index (χ1n) is 13.5. The molecular weight excluding hydrogens is 538 g/mol. The summed E-state index contributed by atoms with van der Waals surface area (Å²) in [4.78, 5) is 29.8. The maximum absolute atomic E-state index is 12.2. The summed E-state index contributed by atoms with van der Waals surface area (Å²) >= 11 is 6.53. The number of benzene rings is 2. The molecule has 1 aliphatic heterocycles. The van der Waals surface area contributed by atoms with Crippen LogP contribution in [0.25, 0.3) is 11.3 Å². The van der Waals surface area contributed by atoms with Crippen LogP contribution in [0, 0.1) is 6.92 Å². The molecule has 2 N–H and O–H groups in total. The van der Waals surface area contributed by atoms with Crippen molar-refractivity contribution in [1.82, 2.24) is 24.8 Å². The number of nitrogens with zero attached hydrogens (tertiary/aromatic N) is 5. The Morgan fingerprint density at radius 1 is 1.02 bits per heavy atom. The highest BCUT2D eigenvalue weighted by molar-refractivity contribution is 6.33. The number of amides is 1. The molecule has 4 aromatic rings. The summed E-state index contributed by atoms with van der Waals surface area (Å²) in [6.45, 7) is 4.07. The predicted octanol–water partition coefficient (Wildman–Crippen LogP) is 5.49. The third-order valence-corrected chi connectivity index (χ3v) is 7.49. The number of rotatable bonds is 8. The summed E-state index contributed by atoms with van der Waals surface area (Å²) in [5.74, 6) is 1.66.